The lowest BCUT2D eigenvalue weighted by Crippen LogP contribution is -2.38. The van der Waals surface area contributed by atoms with E-state index in [0.29, 0.717) is 17.2 Å². The number of nitrogens with one attached hydrogen (secondary N) is 3. The molecule has 2 aromatic heterocycles. The molecule has 13 heteroatoms. The SMILES string of the molecule is O=S(=O)(CC1(F)CC1)Nc1ccc(Oc2ncccc2-c2ccnc(NC3CCCNC3)n2)c(F)c1F. The molecule has 5 rings (SSSR count). The summed E-state index contributed by atoms with van der Waals surface area (Å²) in [5, 5.41) is 6.59. The standard InChI is InChI=1S/C24H25F3N6O3S/c25-20-18(33-37(34,35)14-24(27)8-9-24)5-6-19(21(20)26)36-22-16(4-2-11-29-22)17-7-12-30-23(32-17)31-15-3-1-10-28-13-15/h2,4-7,11-12,15,28,33H,1,3,8-10,13-14H2,(H,30,31,32). The van der Waals surface area contributed by atoms with Crippen molar-refractivity contribution in [2.24, 2.45) is 0 Å². The highest BCUT2D eigenvalue weighted by Crippen LogP contribution is 2.41. The van der Waals surface area contributed by atoms with Crippen LogP contribution in [0, 0.1) is 11.6 Å². The second-order valence-corrected chi connectivity index (χ2v) is 10.9. The van der Waals surface area contributed by atoms with Crippen LogP contribution in [0.1, 0.15) is 25.7 Å². The first kappa shape index (κ1) is 25.2. The number of nitrogens with zero attached hydrogens (tertiary/aromatic N) is 3. The van der Waals surface area contributed by atoms with Gasteiger partial charge in [-0.15, -0.1) is 0 Å². The van der Waals surface area contributed by atoms with Gasteiger partial charge in [0.15, 0.2) is 11.6 Å². The molecule has 37 heavy (non-hydrogen) atoms. The van der Waals surface area contributed by atoms with Gasteiger partial charge >= 0.3 is 0 Å². The molecule has 0 bridgehead atoms. The van der Waals surface area contributed by atoms with Gasteiger partial charge in [0.1, 0.15) is 11.4 Å². The van der Waals surface area contributed by atoms with Crippen molar-refractivity contribution in [3.05, 3.63) is 54.4 Å². The Morgan fingerprint density at radius 2 is 1.95 bits per heavy atom. The average molecular weight is 535 g/mol. The molecule has 0 amide bonds. The zero-order valence-electron chi connectivity index (χ0n) is 19.7. The third-order valence-electron chi connectivity index (χ3n) is 6.09. The van der Waals surface area contributed by atoms with E-state index in [1.807, 2.05) is 4.72 Å². The summed E-state index contributed by atoms with van der Waals surface area (Å²) in [5.74, 6) is -3.85. The predicted octanol–water partition coefficient (Wildman–Crippen LogP) is 4.02. The summed E-state index contributed by atoms with van der Waals surface area (Å²) in [4.78, 5) is 12.9. The molecule has 3 N–H and O–H groups in total. The van der Waals surface area contributed by atoms with Crippen LogP contribution in [0.5, 0.6) is 11.6 Å². The maximum Gasteiger partial charge on any atom is 0.235 e. The third kappa shape index (κ3) is 6.10. The van der Waals surface area contributed by atoms with Crippen molar-refractivity contribution >= 4 is 21.7 Å². The van der Waals surface area contributed by atoms with Gasteiger partial charge in [0, 0.05) is 25.0 Å². The minimum Gasteiger partial charge on any atom is -0.435 e. The van der Waals surface area contributed by atoms with Crippen LogP contribution in [-0.2, 0) is 10.0 Å². The van der Waals surface area contributed by atoms with Gasteiger partial charge in [-0.05, 0) is 62.6 Å². The van der Waals surface area contributed by atoms with Gasteiger partial charge in [-0.3, -0.25) is 4.72 Å². The molecule has 196 valence electrons. The number of hydrogen-bond donors (Lipinski definition) is 3. The molecular formula is C24H25F3N6O3S. The first-order valence-corrected chi connectivity index (χ1v) is 13.5. The molecule has 0 spiro atoms. The summed E-state index contributed by atoms with van der Waals surface area (Å²) in [5.41, 5.74) is -1.59. The number of rotatable bonds is 9. The smallest absolute Gasteiger partial charge is 0.235 e. The van der Waals surface area contributed by atoms with E-state index in [9.17, 15) is 21.6 Å². The molecule has 3 aromatic rings. The van der Waals surface area contributed by atoms with E-state index in [4.69, 9.17) is 4.74 Å². The molecule has 1 atom stereocenters. The zero-order chi connectivity index (χ0) is 26.0. The van der Waals surface area contributed by atoms with Crippen molar-refractivity contribution in [1.29, 1.82) is 0 Å². The van der Waals surface area contributed by atoms with Gasteiger partial charge in [0.25, 0.3) is 0 Å². The summed E-state index contributed by atoms with van der Waals surface area (Å²) in [7, 11) is -4.21. The van der Waals surface area contributed by atoms with Gasteiger partial charge in [0.05, 0.1) is 16.9 Å². The topological polar surface area (TPSA) is 118 Å². The number of alkyl halides is 1. The van der Waals surface area contributed by atoms with Crippen LogP contribution in [0.25, 0.3) is 11.3 Å². The Balaban J connectivity index is 1.36. The number of pyridine rings is 1. The van der Waals surface area contributed by atoms with E-state index in [1.54, 1.807) is 24.4 Å². The van der Waals surface area contributed by atoms with Crippen LogP contribution in [0.2, 0.25) is 0 Å². The van der Waals surface area contributed by atoms with E-state index in [0.717, 1.165) is 38.1 Å². The van der Waals surface area contributed by atoms with Crippen molar-refractivity contribution in [2.75, 3.05) is 28.9 Å². The third-order valence-corrected chi connectivity index (χ3v) is 7.52. The van der Waals surface area contributed by atoms with Crippen molar-refractivity contribution in [3.8, 4) is 22.9 Å². The zero-order valence-corrected chi connectivity index (χ0v) is 20.5. The first-order chi connectivity index (χ1) is 17.7. The lowest BCUT2D eigenvalue weighted by atomic mass is 10.1. The molecule has 3 heterocycles. The van der Waals surface area contributed by atoms with Crippen LogP contribution in [0.4, 0.5) is 24.8 Å². The maximum atomic E-state index is 14.9. The number of piperidine rings is 1. The highest BCUT2D eigenvalue weighted by molar-refractivity contribution is 7.92. The molecule has 1 aliphatic heterocycles. The second kappa shape index (κ2) is 10.1. The van der Waals surface area contributed by atoms with Gasteiger partial charge in [0.2, 0.25) is 27.7 Å². The summed E-state index contributed by atoms with van der Waals surface area (Å²) < 4.78 is 75.2. The highest BCUT2D eigenvalue weighted by Gasteiger charge is 2.47. The van der Waals surface area contributed by atoms with Gasteiger partial charge < -0.3 is 15.4 Å². The minimum atomic E-state index is -4.21. The largest absolute Gasteiger partial charge is 0.435 e. The van der Waals surface area contributed by atoms with Crippen molar-refractivity contribution in [3.63, 3.8) is 0 Å². The number of hydrogen-bond acceptors (Lipinski definition) is 8. The highest BCUT2D eigenvalue weighted by atomic mass is 32.2. The van der Waals surface area contributed by atoms with E-state index >= 15 is 0 Å². The van der Waals surface area contributed by atoms with E-state index in [-0.39, 0.29) is 24.8 Å². The number of halogens is 3. The predicted molar refractivity (Wildman–Crippen MR) is 132 cm³/mol. The monoisotopic (exact) mass is 534 g/mol. The Morgan fingerprint density at radius 1 is 1.11 bits per heavy atom. The van der Waals surface area contributed by atoms with Crippen LogP contribution in [0.15, 0.2) is 42.7 Å². The molecule has 1 aliphatic carbocycles. The van der Waals surface area contributed by atoms with Crippen LogP contribution in [0.3, 0.4) is 0 Å². The normalized spacial score (nSPS) is 18.7. The first-order valence-electron chi connectivity index (χ1n) is 11.8. The quantitative estimate of drug-likeness (QED) is 0.377. The molecule has 2 fully saturated rings. The molecule has 0 radical (unpaired) electrons. The Kier molecular flexibility index (Phi) is 6.90. The second-order valence-electron chi connectivity index (χ2n) is 9.16. The summed E-state index contributed by atoms with van der Waals surface area (Å²) in [6.45, 7) is 1.76. The molecule has 1 aromatic carbocycles. The summed E-state index contributed by atoms with van der Waals surface area (Å²) >= 11 is 0. The van der Waals surface area contributed by atoms with E-state index in [2.05, 4.69) is 25.6 Å². The molecule has 1 saturated carbocycles. The van der Waals surface area contributed by atoms with Crippen molar-refractivity contribution in [1.82, 2.24) is 20.3 Å². The number of aromatic nitrogens is 3. The number of sulfonamides is 1. The van der Waals surface area contributed by atoms with Crippen LogP contribution in [-0.4, -0.2) is 53.9 Å². The van der Waals surface area contributed by atoms with E-state index < -0.39 is 44.5 Å². The Morgan fingerprint density at radius 3 is 2.70 bits per heavy atom. The summed E-state index contributed by atoms with van der Waals surface area (Å²) in [6, 6.07) is 7.21. The fourth-order valence-electron chi connectivity index (χ4n) is 4.02. The Bertz CT molecular complexity index is 1400. The van der Waals surface area contributed by atoms with Crippen LogP contribution < -0.4 is 20.1 Å². The fraction of sp³-hybridized carbons (Fsp3) is 0.375. The molecule has 9 nitrogen and oxygen atoms in total. The minimum absolute atomic E-state index is 0.0359. The lowest BCUT2D eigenvalue weighted by molar-refractivity contribution is 0.341. The average Bonchev–Trinajstić information content (AvgIpc) is 3.60. The number of benzene rings is 1. The van der Waals surface area contributed by atoms with Crippen molar-refractivity contribution < 1.29 is 26.3 Å². The fourth-order valence-corrected chi connectivity index (χ4v) is 5.56. The Hall–Kier alpha value is -3.45. The van der Waals surface area contributed by atoms with Crippen molar-refractivity contribution in [2.45, 2.75) is 37.4 Å². The van der Waals surface area contributed by atoms with E-state index in [1.165, 1.54) is 6.20 Å². The molecule has 1 unspecified atom stereocenters. The lowest BCUT2D eigenvalue weighted by Gasteiger charge is -2.23. The summed E-state index contributed by atoms with van der Waals surface area (Å²) in [6.07, 6.45) is 5.25. The van der Waals surface area contributed by atoms with Gasteiger partial charge in [-0.2, -0.15) is 4.39 Å². The number of ether oxygens (including phenoxy) is 1. The van der Waals surface area contributed by atoms with Crippen LogP contribution >= 0.6 is 0 Å². The van der Waals surface area contributed by atoms with Gasteiger partial charge in [-0.1, -0.05) is 0 Å². The molecular weight excluding hydrogens is 509 g/mol. The number of anilines is 2. The molecule has 2 aliphatic rings. The molecule has 1 saturated heterocycles. The Labute approximate surface area is 211 Å². The maximum absolute atomic E-state index is 14.9. The van der Waals surface area contributed by atoms with Gasteiger partial charge in [-0.25, -0.2) is 32.2 Å².